The first-order valence-corrected chi connectivity index (χ1v) is 26.6. The van der Waals surface area contributed by atoms with Gasteiger partial charge in [-0.15, -0.1) is 0 Å². The molecule has 374 valence electrons. The highest BCUT2D eigenvalue weighted by Gasteiger charge is 2.14. The van der Waals surface area contributed by atoms with E-state index in [-0.39, 0.29) is 0 Å². The van der Waals surface area contributed by atoms with Crippen molar-refractivity contribution in [3.63, 3.8) is 0 Å². The molecule has 0 bridgehead atoms. The Labute approximate surface area is 471 Å². The molecule has 0 unspecified atom stereocenters. The zero-order valence-electron chi connectivity index (χ0n) is 43.9. The fraction of sp³-hybridized carbons (Fsp3) is 0. The summed E-state index contributed by atoms with van der Waals surface area (Å²) in [6.45, 7) is 0. The molecule has 80 heavy (non-hydrogen) atoms. The van der Waals surface area contributed by atoms with Crippen LogP contribution in [0.2, 0.25) is 0 Å². The Balaban J connectivity index is 0.772. The molecule has 0 radical (unpaired) electrons. The molecular formula is C78H52N2. The van der Waals surface area contributed by atoms with Gasteiger partial charge in [-0.2, -0.15) is 0 Å². The quantitative estimate of drug-likeness (QED) is 0.0995. The molecule has 11 aromatic rings. The number of anilines is 6. The summed E-state index contributed by atoms with van der Waals surface area (Å²) in [6.07, 6.45) is 8.64. The number of nitrogens with zero attached hydrogens (tertiary/aromatic N) is 2. The van der Waals surface area contributed by atoms with E-state index in [1.54, 1.807) is 0 Å². The molecule has 0 saturated heterocycles. The lowest BCUT2D eigenvalue weighted by Crippen LogP contribution is -2.09. The van der Waals surface area contributed by atoms with Crippen molar-refractivity contribution in [3.8, 4) is 47.4 Å². The maximum absolute atomic E-state index is 3.32. The van der Waals surface area contributed by atoms with Crippen molar-refractivity contribution in [2.75, 3.05) is 9.80 Å². The fourth-order valence-electron chi connectivity index (χ4n) is 8.91. The van der Waals surface area contributed by atoms with E-state index in [0.717, 1.165) is 101 Å². The van der Waals surface area contributed by atoms with Crippen molar-refractivity contribution in [1.29, 1.82) is 0 Å². The van der Waals surface area contributed by atoms with E-state index in [9.17, 15) is 0 Å². The maximum Gasteiger partial charge on any atom is 0.0462 e. The first kappa shape index (κ1) is 50.9. The van der Waals surface area contributed by atoms with Gasteiger partial charge in [0.2, 0.25) is 0 Å². The van der Waals surface area contributed by atoms with Gasteiger partial charge in [0.15, 0.2) is 0 Å². The van der Waals surface area contributed by atoms with Gasteiger partial charge in [0.05, 0.1) is 0 Å². The van der Waals surface area contributed by atoms with E-state index < -0.39 is 0 Å². The Morgan fingerprint density at radius 3 is 0.500 bits per heavy atom. The Hall–Kier alpha value is -11.3. The van der Waals surface area contributed by atoms with Gasteiger partial charge >= 0.3 is 0 Å². The third kappa shape index (κ3) is 13.8. The van der Waals surface area contributed by atoms with Crippen LogP contribution in [0.5, 0.6) is 0 Å². The van der Waals surface area contributed by atoms with Crippen molar-refractivity contribution in [1.82, 2.24) is 0 Å². The van der Waals surface area contributed by atoms with Crippen molar-refractivity contribution in [2.45, 2.75) is 0 Å². The highest BCUT2D eigenvalue weighted by atomic mass is 15.1. The smallest absolute Gasteiger partial charge is 0.0462 e. The van der Waals surface area contributed by atoms with E-state index in [1.807, 2.05) is 121 Å². The van der Waals surface area contributed by atoms with Crippen LogP contribution in [0.1, 0.15) is 66.8 Å². The van der Waals surface area contributed by atoms with Gasteiger partial charge in [-0.25, -0.2) is 0 Å². The third-order valence-electron chi connectivity index (χ3n) is 13.2. The molecule has 0 heterocycles. The van der Waals surface area contributed by atoms with Crippen LogP contribution in [0.3, 0.4) is 0 Å². The topological polar surface area (TPSA) is 6.48 Å². The lowest BCUT2D eigenvalue weighted by Gasteiger charge is -2.25. The molecule has 0 saturated carbocycles. The molecule has 11 rings (SSSR count). The van der Waals surface area contributed by atoms with Crippen LogP contribution in [0.4, 0.5) is 34.1 Å². The molecule has 0 atom stereocenters. The summed E-state index contributed by atoms with van der Waals surface area (Å²) < 4.78 is 0. The highest BCUT2D eigenvalue weighted by molar-refractivity contribution is 5.81. The summed E-state index contributed by atoms with van der Waals surface area (Å²) in [5.41, 5.74) is 18.5. The number of rotatable bonds is 10. The van der Waals surface area contributed by atoms with E-state index in [2.05, 4.69) is 251 Å². The number of hydrogen-bond donors (Lipinski definition) is 0. The molecule has 0 N–H and O–H groups in total. The monoisotopic (exact) mass is 1020 g/mol. The van der Waals surface area contributed by atoms with Crippen LogP contribution in [-0.2, 0) is 0 Å². The van der Waals surface area contributed by atoms with Crippen molar-refractivity contribution in [2.24, 2.45) is 0 Å². The summed E-state index contributed by atoms with van der Waals surface area (Å²) in [4.78, 5) is 4.53. The summed E-state index contributed by atoms with van der Waals surface area (Å²) in [6, 6.07) is 100.0. The van der Waals surface area contributed by atoms with Crippen LogP contribution in [0.25, 0.3) is 24.3 Å². The standard InChI is InChI=1S/C78H52N2/c1-5-13-61(14-6-1)21-25-67-37-49-73(50-38-67)79(74-51-39-68(40-52-74)26-22-62-15-7-2-8-16-62)77-57-45-71(46-58-77)35-33-65-29-31-66(32-30-65)34-36-72-47-59-78(60-48-72)80(75-53-41-69(42-54-75)27-23-63-17-9-3-10-18-63)76-55-43-70(44-56-76)28-24-64-19-11-4-12-20-64/h1-20,29-60H/b35-33+,36-34+. The third-order valence-corrected chi connectivity index (χ3v) is 13.2. The van der Waals surface area contributed by atoms with Crippen LogP contribution in [0.15, 0.2) is 291 Å². The van der Waals surface area contributed by atoms with Crippen molar-refractivity contribution < 1.29 is 0 Å². The second-order valence-corrected chi connectivity index (χ2v) is 18.8. The van der Waals surface area contributed by atoms with E-state index in [0.29, 0.717) is 0 Å². The highest BCUT2D eigenvalue weighted by Crippen LogP contribution is 2.37. The Morgan fingerprint density at radius 1 is 0.163 bits per heavy atom. The minimum absolute atomic E-state index is 0.955. The molecule has 0 aliphatic heterocycles. The first-order chi connectivity index (χ1) is 39.6. The van der Waals surface area contributed by atoms with E-state index in [1.165, 1.54) is 0 Å². The van der Waals surface area contributed by atoms with E-state index >= 15 is 0 Å². The summed E-state index contributed by atoms with van der Waals surface area (Å²) in [7, 11) is 0. The predicted molar refractivity (Wildman–Crippen MR) is 336 cm³/mol. The predicted octanol–water partition coefficient (Wildman–Crippen LogP) is 18.6. The largest absolute Gasteiger partial charge is 0.311 e. The van der Waals surface area contributed by atoms with Gasteiger partial charge < -0.3 is 9.80 Å². The maximum atomic E-state index is 3.32. The molecule has 0 spiro atoms. The summed E-state index contributed by atoms with van der Waals surface area (Å²) >= 11 is 0. The van der Waals surface area contributed by atoms with E-state index in [4.69, 9.17) is 0 Å². The van der Waals surface area contributed by atoms with Crippen molar-refractivity contribution >= 4 is 58.4 Å². The zero-order valence-corrected chi connectivity index (χ0v) is 43.9. The van der Waals surface area contributed by atoms with Gasteiger partial charge in [0.1, 0.15) is 0 Å². The average Bonchev–Trinajstić information content (AvgIpc) is 3.55. The van der Waals surface area contributed by atoms with Gasteiger partial charge in [-0.3, -0.25) is 0 Å². The lowest BCUT2D eigenvalue weighted by molar-refractivity contribution is 1.28. The Bertz CT molecular complexity index is 3660. The molecular weight excluding hydrogens is 965 g/mol. The normalized spacial score (nSPS) is 10.5. The van der Waals surface area contributed by atoms with Gasteiger partial charge in [0, 0.05) is 78.6 Å². The lowest BCUT2D eigenvalue weighted by atomic mass is 10.1. The average molecular weight is 1020 g/mol. The molecule has 2 nitrogen and oxygen atoms in total. The van der Waals surface area contributed by atoms with Crippen LogP contribution in [-0.4, -0.2) is 0 Å². The molecule has 2 heteroatoms. The Kier molecular flexibility index (Phi) is 16.2. The minimum Gasteiger partial charge on any atom is -0.311 e. The van der Waals surface area contributed by atoms with Gasteiger partial charge in [-0.1, -0.05) is 193 Å². The van der Waals surface area contributed by atoms with Crippen molar-refractivity contribution in [3.05, 3.63) is 358 Å². The zero-order chi connectivity index (χ0) is 54.0. The van der Waals surface area contributed by atoms with Crippen LogP contribution < -0.4 is 9.80 Å². The summed E-state index contributed by atoms with van der Waals surface area (Å²) in [5.74, 6) is 26.4. The SMILES string of the molecule is C(#Cc1ccc(N(c2ccc(C#Cc3ccccc3)cc2)c2ccc(/C=C/c3ccc(/C=C/c4ccc(N(c5ccc(C#Cc6ccccc6)cc5)c5ccc(C#Cc6ccccc6)cc5)cc4)cc3)cc2)cc1)c1ccccc1. The van der Waals surface area contributed by atoms with Gasteiger partial charge in [0.25, 0.3) is 0 Å². The first-order valence-electron chi connectivity index (χ1n) is 26.6. The fourth-order valence-corrected chi connectivity index (χ4v) is 8.91. The molecule has 11 aromatic carbocycles. The number of benzene rings is 11. The second kappa shape index (κ2) is 25.5. The molecule has 0 fully saturated rings. The second-order valence-electron chi connectivity index (χ2n) is 18.8. The van der Waals surface area contributed by atoms with Gasteiger partial charge in [-0.05, 0) is 192 Å². The van der Waals surface area contributed by atoms with Crippen LogP contribution in [0, 0.1) is 47.4 Å². The molecule has 0 aliphatic carbocycles. The molecule has 0 aromatic heterocycles. The molecule has 0 aliphatic rings. The summed E-state index contributed by atoms with van der Waals surface area (Å²) in [5, 5.41) is 0. The minimum atomic E-state index is 0.955. The van der Waals surface area contributed by atoms with Crippen LogP contribution >= 0.6 is 0 Å². The molecule has 0 amide bonds. The number of hydrogen-bond acceptors (Lipinski definition) is 2. The Morgan fingerprint density at radius 2 is 0.312 bits per heavy atom.